The number of hydrogen-bond donors (Lipinski definition) is 1. The molecule has 1 amide bonds. The number of para-hydroxylation sites is 1. The summed E-state index contributed by atoms with van der Waals surface area (Å²) < 4.78 is 5.36. The van der Waals surface area contributed by atoms with Gasteiger partial charge in [-0.3, -0.25) is 9.78 Å². The highest BCUT2D eigenvalue weighted by molar-refractivity contribution is 5.77. The molecule has 0 radical (unpaired) electrons. The van der Waals surface area contributed by atoms with E-state index in [4.69, 9.17) is 4.74 Å². The second kappa shape index (κ2) is 7.94. The van der Waals surface area contributed by atoms with Crippen LogP contribution in [0.25, 0.3) is 0 Å². The molecule has 1 N–H and O–H groups in total. The molecule has 0 saturated carbocycles. The van der Waals surface area contributed by atoms with Crippen molar-refractivity contribution < 1.29 is 9.53 Å². The van der Waals surface area contributed by atoms with Crippen molar-refractivity contribution in [2.45, 2.75) is 12.8 Å². The van der Waals surface area contributed by atoms with Crippen LogP contribution in [0.5, 0.6) is 5.75 Å². The summed E-state index contributed by atoms with van der Waals surface area (Å²) in [5.41, 5.74) is 1.04. The van der Waals surface area contributed by atoms with Crippen LogP contribution in [-0.2, 0) is 11.2 Å². The van der Waals surface area contributed by atoms with Crippen molar-refractivity contribution >= 4 is 5.91 Å². The third-order valence-corrected chi connectivity index (χ3v) is 2.77. The summed E-state index contributed by atoms with van der Waals surface area (Å²) in [5, 5.41) is 2.83. The minimum Gasteiger partial charge on any atom is -0.484 e. The molecule has 4 nitrogen and oxygen atoms in total. The molecule has 2 rings (SSSR count). The van der Waals surface area contributed by atoms with Crippen molar-refractivity contribution in [2.24, 2.45) is 0 Å². The minimum absolute atomic E-state index is 0.0492. The molecule has 1 aromatic carbocycles. The van der Waals surface area contributed by atoms with Crippen LogP contribution in [0.1, 0.15) is 12.1 Å². The van der Waals surface area contributed by atoms with Crippen LogP contribution >= 0.6 is 0 Å². The molecule has 4 heteroatoms. The Morgan fingerprint density at radius 1 is 1.10 bits per heavy atom. The Hall–Kier alpha value is -2.36. The summed E-state index contributed by atoms with van der Waals surface area (Å²) in [5.74, 6) is 0.603. The molecule has 2 aromatic rings. The van der Waals surface area contributed by atoms with Crippen molar-refractivity contribution in [2.75, 3.05) is 13.2 Å². The molecule has 0 atom stereocenters. The Bertz CT molecular complexity index is 515. The predicted molar refractivity (Wildman–Crippen MR) is 77.5 cm³/mol. The standard InChI is InChI=1S/C16H18N2O2/c19-16(13-20-15-9-2-1-3-10-15)18-12-6-8-14-7-4-5-11-17-14/h1-5,7,9-11H,6,8,12-13H2,(H,18,19). The van der Waals surface area contributed by atoms with Crippen LogP contribution in [0.2, 0.25) is 0 Å². The van der Waals surface area contributed by atoms with E-state index in [1.165, 1.54) is 0 Å². The lowest BCUT2D eigenvalue weighted by atomic mass is 10.2. The van der Waals surface area contributed by atoms with Crippen molar-refractivity contribution in [3.05, 3.63) is 60.4 Å². The largest absolute Gasteiger partial charge is 0.484 e. The summed E-state index contributed by atoms with van der Waals surface area (Å²) in [6, 6.07) is 15.2. The fraction of sp³-hybridized carbons (Fsp3) is 0.250. The molecule has 1 aromatic heterocycles. The van der Waals surface area contributed by atoms with Crippen molar-refractivity contribution in [1.29, 1.82) is 0 Å². The molecule has 0 aliphatic carbocycles. The number of benzene rings is 1. The van der Waals surface area contributed by atoms with Gasteiger partial charge in [-0.2, -0.15) is 0 Å². The van der Waals surface area contributed by atoms with Crippen LogP contribution in [-0.4, -0.2) is 24.0 Å². The van der Waals surface area contributed by atoms with Crippen LogP contribution in [0.15, 0.2) is 54.7 Å². The van der Waals surface area contributed by atoms with Gasteiger partial charge in [-0.1, -0.05) is 24.3 Å². The maximum absolute atomic E-state index is 11.6. The first kappa shape index (κ1) is 14.1. The highest BCUT2D eigenvalue weighted by Crippen LogP contribution is 2.07. The topological polar surface area (TPSA) is 51.2 Å². The highest BCUT2D eigenvalue weighted by atomic mass is 16.5. The molecule has 1 heterocycles. The number of pyridine rings is 1. The first-order chi connectivity index (χ1) is 9.84. The number of aromatic nitrogens is 1. The van der Waals surface area contributed by atoms with Gasteiger partial charge in [-0.25, -0.2) is 0 Å². The van der Waals surface area contributed by atoms with Gasteiger partial charge in [-0.15, -0.1) is 0 Å². The van der Waals surface area contributed by atoms with Gasteiger partial charge in [0.05, 0.1) is 0 Å². The van der Waals surface area contributed by atoms with Gasteiger partial charge in [0.1, 0.15) is 5.75 Å². The van der Waals surface area contributed by atoms with E-state index in [2.05, 4.69) is 10.3 Å². The number of ether oxygens (including phenoxy) is 1. The molecular weight excluding hydrogens is 252 g/mol. The lowest BCUT2D eigenvalue weighted by molar-refractivity contribution is -0.123. The SMILES string of the molecule is O=C(COc1ccccc1)NCCCc1ccccn1. The number of nitrogens with zero attached hydrogens (tertiary/aromatic N) is 1. The molecule has 0 spiro atoms. The third kappa shape index (κ3) is 5.10. The van der Waals surface area contributed by atoms with Crippen molar-refractivity contribution in [3.63, 3.8) is 0 Å². The van der Waals surface area contributed by atoms with Gasteiger partial charge in [0.2, 0.25) is 0 Å². The fourth-order valence-electron chi connectivity index (χ4n) is 1.76. The van der Waals surface area contributed by atoms with Gasteiger partial charge >= 0.3 is 0 Å². The Balaban J connectivity index is 1.59. The molecule has 0 bridgehead atoms. The van der Waals surface area contributed by atoms with E-state index in [0.29, 0.717) is 12.3 Å². The number of amides is 1. The molecule has 0 saturated heterocycles. The third-order valence-electron chi connectivity index (χ3n) is 2.77. The van der Waals surface area contributed by atoms with Crippen LogP contribution in [0.4, 0.5) is 0 Å². The first-order valence-corrected chi connectivity index (χ1v) is 6.69. The van der Waals surface area contributed by atoms with Crippen molar-refractivity contribution in [1.82, 2.24) is 10.3 Å². The summed E-state index contributed by atoms with van der Waals surface area (Å²) in [7, 11) is 0. The Morgan fingerprint density at radius 2 is 1.90 bits per heavy atom. The molecule has 0 aliphatic heterocycles. The van der Waals surface area contributed by atoms with E-state index in [1.54, 1.807) is 6.20 Å². The molecule has 104 valence electrons. The van der Waals surface area contributed by atoms with Crippen LogP contribution in [0.3, 0.4) is 0 Å². The molecule has 0 aliphatic rings. The predicted octanol–water partition coefficient (Wildman–Crippen LogP) is 2.21. The van der Waals surface area contributed by atoms with E-state index in [9.17, 15) is 4.79 Å². The smallest absolute Gasteiger partial charge is 0.257 e. The zero-order chi connectivity index (χ0) is 14.0. The summed E-state index contributed by atoms with van der Waals surface area (Å²) in [4.78, 5) is 15.8. The van der Waals surface area contributed by atoms with Gasteiger partial charge in [0.25, 0.3) is 5.91 Å². The van der Waals surface area contributed by atoms with E-state index < -0.39 is 0 Å². The fourth-order valence-corrected chi connectivity index (χ4v) is 1.76. The normalized spacial score (nSPS) is 10.0. The minimum atomic E-state index is -0.102. The summed E-state index contributed by atoms with van der Waals surface area (Å²) >= 11 is 0. The summed E-state index contributed by atoms with van der Waals surface area (Å²) in [6.45, 7) is 0.682. The van der Waals surface area contributed by atoms with E-state index in [0.717, 1.165) is 18.5 Å². The van der Waals surface area contributed by atoms with Gasteiger partial charge < -0.3 is 10.1 Å². The lowest BCUT2D eigenvalue weighted by Crippen LogP contribution is -2.29. The number of rotatable bonds is 7. The average Bonchev–Trinajstić information content (AvgIpc) is 2.52. The maximum atomic E-state index is 11.6. The number of hydrogen-bond acceptors (Lipinski definition) is 3. The Labute approximate surface area is 118 Å². The molecule has 0 fully saturated rings. The zero-order valence-electron chi connectivity index (χ0n) is 11.3. The van der Waals surface area contributed by atoms with Gasteiger partial charge in [-0.05, 0) is 37.1 Å². The monoisotopic (exact) mass is 270 g/mol. The van der Waals surface area contributed by atoms with Crippen molar-refractivity contribution in [3.8, 4) is 5.75 Å². The van der Waals surface area contributed by atoms with Crippen LogP contribution < -0.4 is 10.1 Å². The van der Waals surface area contributed by atoms with Crippen LogP contribution in [0, 0.1) is 0 Å². The Kier molecular flexibility index (Phi) is 5.58. The van der Waals surface area contributed by atoms with E-state index >= 15 is 0 Å². The van der Waals surface area contributed by atoms with Gasteiger partial charge in [0.15, 0.2) is 6.61 Å². The zero-order valence-corrected chi connectivity index (χ0v) is 11.3. The molecular formula is C16H18N2O2. The molecule has 20 heavy (non-hydrogen) atoms. The number of aryl methyl sites for hydroxylation is 1. The second-order valence-electron chi connectivity index (χ2n) is 4.38. The number of carbonyl (C=O) groups is 1. The van der Waals surface area contributed by atoms with E-state index in [1.807, 2.05) is 48.5 Å². The maximum Gasteiger partial charge on any atom is 0.257 e. The quantitative estimate of drug-likeness (QED) is 0.785. The first-order valence-electron chi connectivity index (χ1n) is 6.69. The highest BCUT2D eigenvalue weighted by Gasteiger charge is 2.02. The lowest BCUT2D eigenvalue weighted by Gasteiger charge is -2.07. The Morgan fingerprint density at radius 3 is 2.65 bits per heavy atom. The average molecular weight is 270 g/mol. The van der Waals surface area contributed by atoms with E-state index in [-0.39, 0.29) is 12.5 Å². The van der Waals surface area contributed by atoms with Gasteiger partial charge in [0, 0.05) is 18.4 Å². The molecule has 0 unspecified atom stereocenters. The number of carbonyl (C=O) groups excluding carboxylic acids is 1. The second-order valence-corrected chi connectivity index (χ2v) is 4.38. The summed E-state index contributed by atoms with van der Waals surface area (Å²) in [6.07, 6.45) is 3.51. The number of nitrogens with one attached hydrogen (secondary N) is 1.